The van der Waals surface area contributed by atoms with Crippen molar-refractivity contribution in [2.75, 3.05) is 0 Å². The quantitative estimate of drug-likeness (QED) is 0.681. The Balaban J connectivity index is 1.87. The van der Waals surface area contributed by atoms with Gasteiger partial charge in [-0.05, 0) is 39.8 Å². The molecule has 8 nitrogen and oxygen atoms in total. The smallest absolute Gasteiger partial charge is 0.357 e. The van der Waals surface area contributed by atoms with Gasteiger partial charge < -0.3 is 14.6 Å². The van der Waals surface area contributed by atoms with Crippen LogP contribution in [0, 0.1) is 6.92 Å². The van der Waals surface area contributed by atoms with Gasteiger partial charge in [-0.3, -0.25) is 4.79 Å². The van der Waals surface area contributed by atoms with Crippen molar-refractivity contribution in [1.29, 1.82) is 0 Å². The van der Waals surface area contributed by atoms with E-state index in [0.717, 1.165) is 5.69 Å². The van der Waals surface area contributed by atoms with E-state index in [2.05, 4.69) is 15.6 Å². The summed E-state index contributed by atoms with van der Waals surface area (Å²) in [4.78, 5) is 25.2. The largest absolute Gasteiger partial charge is 0.455 e. The number of nitrogens with one attached hydrogen (secondary N) is 1. The molecule has 0 saturated carbocycles. The highest BCUT2D eigenvalue weighted by molar-refractivity contribution is 5.96. The Bertz CT molecular complexity index is 983. The van der Waals surface area contributed by atoms with Crippen LogP contribution in [0.3, 0.4) is 0 Å². The van der Waals surface area contributed by atoms with Crippen LogP contribution >= 0.6 is 0 Å². The Hall–Kier alpha value is -3.42. The SMILES string of the molecule is Cc1cc(CNC(=O)c2cc(C(=O)OC(C)(C)C)n(-c3ccccc3)n2)on1. The Labute approximate surface area is 162 Å². The van der Waals surface area contributed by atoms with Crippen molar-refractivity contribution in [3.05, 3.63) is 65.3 Å². The van der Waals surface area contributed by atoms with Crippen molar-refractivity contribution in [3.63, 3.8) is 0 Å². The number of amides is 1. The monoisotopic (exact) mass is 382 g/mol. The maximum absolute atomic E-state index is 12.6. The summed E-state index contributed by atoms with van der Waals surface area (Å²) >= 11 is 0. The molecule has 2 aromatic heterocycles. The maximum atomic E-state index is 12.6. The predicted octanol–water partition coefficient (Wildman–Crippen LogP) is 3.05. The van der Waals surface area contributed by atoms with Crippen LogP contribution in [0.1, 0.15) is 53.2 Å². The number of hydrogen-bond acceptors (Lipinski definition) is 6. The van der Waals surface area contributed by atoms with Crippen molar-refractivity contribution in [2.45, 2.75) is 39.8 Å². The zero-order valence-electron chi connectivity index (χ0n) is 16.2. The van der Waals surface area contributed by atoms with Crippen LogP contribution in [0.4, 0.5) is 0 Å². The summed E-state index contributed by atoms with van der Waals surface area (Å²) in [5.41, 5.74) is 0.968. The number of benzene rings is 1. The van der Waals surface area contributed by atoms with Crippen LogP contribution < -0.4 is 5.32 Å². The van der Waals surface area contributed by atoms with Crippen molar-refractivity contribution in [3.8, 4) is 5.69 Å². The molecule has 3 aromatic rings. The summed E-state index contributed by atoms with van der Waals surface area (Å²) in [6.07, 6.45) is 0. The Morgan fingerprint density at radius 3 is 2.50 bits per heavy atom. The molecule has 0 atom stereocenters. The van der Waals surface area contributed by atoms with E-state index in [9.17, 15) is 9.59 Å². The van der Waals surface area contributed by atoms with Gasteiger partial charge in [0.15, 0.2) is 17.1 Å². The lowest BCUT2D eigenvalue weighted by atomic mass is 10.2. The van der Waals surface area contributed by atoms with Crippen molar-refractivity contribution < 1.29 is 18.8 Å². The standard InChI is InChI=1S/C20H22N4O4/c1-13-10-15(28-23-13)12-21-18(25)16-11-17(19(26)27-20(2,3)4)24(22-16)14-8-6-5-7-9-14/h5-11H,12H2,1-4H3,(H,21,25). The molecule has 146 valence electrons. The lowest BCUT2D eigenvalue weighted by Gasteiger charge is -2.19. The number of esters is 1. The molecule has 0 aliphatic carbocycles. The molecule has 0 unspecified atom stereocenters. The molecule has 1 amide bonds. The van der Waals surface area contributed by atoms with Gasteiger partial charge in [0.25, 0.3) is 5.91 Å². The summed E-state index contributed by atoms with van der Waals surface area (Å²) in [5.74, 6) is -0.469. The molecule has 0 spiro atoms. The Kier molecular flexibility index (Phi) is 5.30. The number of para-hydroxylation sites is 1. The van der Waals surface area contributed by atoms with Crippen LogP contribution in [0.25, 0.3) is 5.69 Å². The average Bonchev–Trinajstić information content (AvgIpc) is 3.25. The molecule has 0 aliphatic rings. The third kappa shape index (κ3) is 4.64. The fourth-order valence-electron chi connectivity index (χ4n) is 2.49. The predicted molar refractivity (Wildman–Crippen MR) is 101 cm³/mol. The molecule has 3 rings (SSSR count). The van der Waals surface area contributed by atoms with Gasteiger partial charge in [0.1, 0.15) is 5.60 Å². The van der Waals surface area contributed by atoms with E-state index in [1.54, 1.807) is 45.9 Å². The minimum Gasteiger partial charge on any atom is -0.455 e. The summed E-state index contributed by atoms with van der Waals surface area (Å²) < 4.78 is 11.9. The Morgan fingerprint density at radius 1 is 1.18 bits per heavy atom. The summed E-state index contributed by atoms with van der Waals surface area (Å²) in [5, 5.41) is 10.8. The van der Waals surface area contributed by atoms with Crippen LogP contribution in [0.2, 0.25) is 0 Å². The number of hydrogen-bond donors (Lipinski definition) is 1. The Morgan fingerprint density at radius 2 is 1.89 bits per heavy atom. The van der Waals surface area contributed by atoms with Crippen LogP contribution in [-0.2, 0) is 11.3 Å². The molecule has 1 N–H and O–H groups in total. The van der Waals surface area contributed by atoms with E-state index in [1.165, 1.54) is 10.7 Å². The molecule has 0 saturated heterocycles. The third-order valence-electron chi connectivity index (χ3n) is 3.65. The van der Waals surface area contributed by atoms with E-state index in [4.69, 9.17) is 9.26 Å². The van der Waals surface area contributed by atoms with Gasteiger partial charge in [-0.25, -0.2) is 9.48 Å². The molecular formula is C20H22N4O4. The second-order valence-corrected chi connectivity index (χ2v) is 7.28. The summed E-state index contributed by atoms with van der Waals surface area (Å²) in [7, 11) is 0. The topological polar surface area (TPSA) is 99.2 Å². The minimum atomic E-state index is -0.671. The normalized spacial score (nSPS) is 11.3. The summed E-state index contributed by atoms with van der Waals surface area (Å²) in [6, 6.07) is 12.2. The minimum absolute atomic E-state index is 0.0981. The van der Waals surface area contributed by atoms with Gasteiger partial charge in [0.05, 0.1) is 17.9 Å². The van der Waals surface area contributed by atoms with Crippen LogP contribution in [-0.4, -0.2) is 32.4 Å². The first kappa shape index (κ1) is 19.3. The van der Waals surface area contributed by atoms with Gasteiger partial charge in [0, 0.05) is 12.1 Å². The van der Waals surface area contributed by atoms with Gasteiger partial charge in [-0.15, -0.1) is 0 Å². The molecule has 0 fully saturated rings. The molecule has 28 heavy (non-hydrogen) atoms. The van der Waals surface area contributed by atoms with E-state index < -0.39 is 17.5 Å². The number of carbonyl (C=O) groups is 2. The van der Waals surface area contributed by atoms with Crippen LogP contribution in [0.5, 0.6) is 0 Å². The van der Waals surface area contributed by atoms with E-state index in [-0.39, 0.29) is 17.9 Å². The highest BCUT2D eigenvalue weighted by atomic mass is 16.6. The highest BCUT2D eigenvalue weighted by Gasteiger charge is 2.25. The molecule has 2 heterocycles. The molecule has 1 aromatic carbocycles. The molecule has 0 aliphatic heterocycles. The molecule has 8 heteroatoms. The first-order chi connectivity index (χ1) is 13.2. The van der Waals surface area contributed by atoms with Crippen molar-refractivity contribution in [1.82, 2.24) is 20.3 Å². The van der Waals surface area contributed by atoms with E-state index >= 15 is 0 Å². The third-order valence-corrected chi connectivity index (χ3v) is 3.65. The highest BCUT2D eigenvalue weighted by Crippen LogP contribution is 2.17. The van der Waals surface area contributed by atoms with Gasteiger partial charge in [-0.2, -0.15) is 5.10 Å². The molecular weight excluding hydrogens is 360 g/mol. The fraction of sp³-hybridized carbons (Fsp3) is 0.300. The lowest BCUT2D eigenvalue weighted by molar-refractivity contribution is 0.00593. The van der Waals surface area contributed by atoms with Crippen molar-refractivity contribution >= 4 is 11.9 Å². The molecule has 0 bridgehead atoms. The molecule has 0 radical (unpaired) electrons. The fourth-order valence-corrected chi connectivity index (χ4v) is 2.49. The maximum Gasteiger partial charge on any atom is 0.357 e. The van der Waals surface area contributed by atoms with Crippen molar-refractivity contribution in [2.24, 2.45) is 0 Å². The zero-order chi connectivity index (χ0) is 20.3. The number of carbonyl (C=O) groups excluding carboxylic acids is 2. The van der Waals surface area contributed by atoms with Gasteiger partial charge >= 0.3 is 5.97 Å². The average molecular weight is 382 g/mol. The second kappa shape index (κ2) is 7.67. The zero-order valence-corrected chi connectivity index (χ0v) is 16.2. The van der Waals surface area contributed by atoms with Crippen LogP contribution in [0.15, 0.2) is 47.0 Å². The summed E-state index contributed by atoms with van der Waals surface area (Å²) in [6.45, 7) is 7.30. The van der Waals surface area contributed by atoms with Gasteiger partial charge in [-0.1, -0.05) is 23.4 Å². The number of rotatable bonds is 5. The first-order valence-electron chi connectivity index (χ1n) is 8.82. The lowest BCUT2D eigenvalue weighted by Crippen LogP contribution is -2.25. The van der Waals surface area contributed by atoms with Gasteiger partial charge in [0.2, 0.25) is 0 Å². The number of nitrogens with zero attached hydrogens (tertiary/aromatic N) is 3. The van der Waals surface area contributed by atoms with E-state index in [0.29, 0.717) is 11.4 Å². The number of ether oxygens (including phenoxy) is 1. The number of aryl methyl sites for hydroxylation is 1. The number of aromatic nitrogens is 3. The second-order valence-electron chi connectivity index (χ2n) is 7.28. The first-order valence-corrected chi connectivity index (χ1v) is 8.82. The van der Waals surface area contributed by atoms with E-state index in [1.807, 2.05) is 18.2 Å².